The van der Waals surface area contributed by atoms with Gasteiger partial charge in [0.15, 0.2) is 0 Å². The van der Waals surface area contributed by atoms with Gasteiger partial charge in [-0.15, -0.1) is 35.1 Å². The average Bonchev–Trinajstić information content (AvgIpc) is 3.97. The fourth-order valence-corrected chi connectivity index (χ4v) is 6.74. The molecule has 0 aliphatic heterocycles. The summed E-state index contributed by atoms with van der Waals surface area (Å²) in [6.45, 7) is 36.4. The van der Waals surface area contributed by atoms with Crippen molar-refractivity contribution in [3.8, 4) is 22.3 Å². The molecule has 6 heteroatoms. The molecule has 4 aliphatic rings. The van der Waals surface area contributed by atoms with E-state index in [1.807, 2.05) is 24.3 Å². The van der Waals surface area contributed by atoms with Gasteiger partial charge in [-0.2, -0.15) is 59.7 Å². The molecule has 0 heterocycles. The Labute approximate surface area is 423 Å². The third-order valence-corrected chi connectivity index (χ3v) is 10.1. The van der Waals surface area contributed by atoms with Crippen LogP contribution in [-0.2, 0) is 81.2 Å². The maximum Gasteiger partial charge on any atom is -0.109 e. The van der Waals surface area contributed by atoms with Gasteiger partial charge in [0.25, 0.3) is 0 Å². The molecule has 0 nitrogen and oxygen atoms in total. The predicted molar refractivity (Wildman–Crippen MR) is 260 cm³/mol. The average molecular weight is 1050 g/mol. The van der Waals surface area contributed by atoms with Crippen LogP contribution in [0.3, 0.4) is 0 Å². The summed E-state index contributed by atoms with van der Waals surface area (Å²) in [5.74, 6) is 0. The molecule has 328 valence electrons. The summed E-state index contributed by atoms with van der Waals surface area (Å²) in [4.78, 5) is 0. The van der Waals surface area contributed by atoms with Crippen molar-refractivity contribution >= 4 is 10.9 Å². The molecule has 0 saturated heterocycles. The first kappa shape index (κ1) is 58.6. The fraction of sp³-hybridized carbons (Fsp3) is 0.429. The number of halogens is 2. The number of allylic oxidation sites excluding steroid dienone is 8. The van der Waals surface area contributed by atoms with Gasteiger partial charge in [-0.05, 0) is 56.8 Å². The fourth-order valence-electron chi connectivity index (χ4n) is 6.74. The van der Waals surface area contributed by atoms with Crippen LogP contribution >= 0.6 is 0 Å². The molecule has 4 aromatic rings. The molecule has 0 bridgehead atoms. The molecule has 0 spiro atoms. The normalized spacial score (nSPS) is 13.2. The van der Waals surface area contributed by atoms with Crippen LogP contribution in [0, 0.1) is 24.3 Å². The van der Waals surface area contributed by atoms with E-state index >= 15 is 0 Å². The van der Waals surface area contributed by atoms with E-state index in [1.165, 1.54) is 66.8 Å². The van der Waals surface area contributed by atoms with Crippen molar-refractivity contribution in [2.45, 2.75) is 157 Å². The molecule has 0 radical (unpaired) electrons. The van der Waals surface area contributed by atoms with Crippen molar-refractivity contribution < 1.29 is 71.5 Å². The van der Waals surface area contributed by atoms with Crippen molar-refractivity contribution in [1.29, 1.82) is 0 Å². The molecule has 4 aromatic carbocycles. The Balaban J connectivity index is 0.000000434. The molecule has 0 aromatic heterocycles. The van der Waals surface area contributed by atoms with Crippen molar-refractivity contribution in [3.05, 3.63) is 166 Å². The molecule has 0 saturated carbocycles. The number of rotatable bonds is 0. The molecular formula is C56H72Cl2Si2Zr2-2. The first-order chi connectivity index (χ1) is 27.8. The van der Waals surface area contributed by atoms with Crippen LogP contribution < -0.4 is 24.8 Å². The summed E-state index contributed by atoms with van der Waals surface area (Å²) >= 11 is 3.48. The molecule has 8 rings (SSSR count). The molecule has 4 aliphatic carbocycles. The Morgan fingerprint density at radius 2 is 0.758 bits per heavy atom. The van der Waals surface area contributed by atoms with Crippen LogP contribution in [0.1, 0.15) is 140 Å². The Morgan fingerprint density at radius 1 is 0.452 bits per heavy atom. The first-order valence-corrected chi connectivity index (χ1v) is 34.0. The molecule has 62 heavy (non-hydrogen) atoms. The van der Waals surface area contributed by atoms with Gasteiger partial charge in [-0.25, -0.2) is 24.3 Å². The zero-order valence-electron chi connectivity index (χ0n) is 40.8. The van der Waals surface area contributed by atoms with Gasteiger partial charge in [0.2, 0.25) is 0 Å². The van der Waals surface area contributed by atoms with E-state index in [2.05, 4.69) is 206 Å². The van der Waals surface area contributed by atoms with Crippen LogP contribution in [-0.4, -0.2) is 10.9 Å². The van der Waals surface area contributed by atoms with E-state index < -0.39 is 0 Å². The quantitative estimate of drug-likeness (QED) is 0.105. The Bertz CT molecular complexity index is 1920. The van der Waals surface area contributed by atoms with Crippen molar-refractivity contribution in [2.75, 3.05) is 0 Å². The van der Waals surface area contributed by atoms with Crippen LogP contribution in [0.15, 0.2) is 97.1 Å². The zero-order valence-corrected chi connectivity index (χ0v) is 49.2. The SMILES string of the molecule is CC(C)(C)c1[c-]c2c(cc1)-c1ccc(C(C)(C)C)cc1C2.CC(C)(C)c1[c-]c2c(cc1)-c1ccc(C(C)(C)C)cc1C2.C[Si](C)=[Zr+2].C[Si](C)=[Zr+2].[C-]1=CC=CC1.[C-]1=CC=CC1.[Cl-].[Cl-]. The standard InChI is InChI=1S/2C21H25.2C5H5.2C2H6Si.2ClH.2Zr/c2*1-20(2,3)16-7-9-18-14(12-16)11-15-13-17(21(4,5)6)8-10-19(15)18;2*1-2-4-5-3-1;2*1-3-2;;;;/h2*7-10,12H,11H2,1-6H3;2*1-3H,4H2;2*1-2H3;2*1H;;/q4*-1;;;;;2*+2/p-2. The predicted octanol–water partition coefficient (Wildman–Crippen LogP) is 9.49. The van der Waals surface area contributed by atoms with E-state index in [0.29, 0.717) is 0 Å². The second-order valence-electron chi connectivity index (χ2n) is 20.6. The van der Waals surface area contributed by atoms with Gasteiger partial charge in [-0.1, -0.05) is 131 Å². The van der Waals surface area contributed by atoms with Crippen LogP contribution in [0.5, 0.6) is 0 Å². The van der Waals surface area contributed by atoms with Gasteiger partial charge in [-0.3, -0.25) is 12.2 Å². The van der Waals surface area contributed by atoms with Gasteiger partial charge in [0.1, 0.15) is 0 Å². The Morgan fingerprint density at radius 3 is 0.984 bits per heavy atom. The van der Waals surface area contributed by atoms with Gasteiger partial charge in [0.05, 0.1) is 0 Å². The monoisotopic (exact) mass is 1050 g/mol. The van der Waals surface area contributed by atoms with Crippen molar-refractivity contribution in [2.24, 2.45) is 0 Å². The second kappa shape index (κ2) is 26.1. The second-order valence-corrected chi connectivity index (χ2v) is 39.4. The smallest absolute Gasteiger partial charge is 0.109 e. The van der Waals surface area contributed by atoms with Crippen LogP contribution in [0.4, 0.5) is 0 Å². The number of fused-ring (bicyclic) bond motifs is 6. The Kier molecular flexibility index (Phi) is 24.7. The van der Waals surface area contributed by atoms with Gasteiger partial charge >= 0.3 is 83.7 Å². The summed E-state index contributed by atoms with van der Waals surface area (Å²) in [6.07, 6.45) is 22.1. The van der Waals surface area contributed by atoms with Gasteiger partial charge in [0, 0.05) is 0 Å². The zero-order chi connectivity index (χ0) is 45.1. The minimum Gasteiger partial charge on any atom is -1.00 e. The third-order valence-electron chi connectivity index (χ3n) is 10.1. The molecule has 0 N–H and O–H groups in total. The molecule has 0 atom stereocenters. The molecule has 0 amide bonds. The summed E-state index contributed by atoms with van der Waals surface area (Å²) in [6, 6.07) is 30.3. The van der Waals surface area contributed by atoms with Gasteiger partial charge < -0.3 is 24.8 Å². The summed E-state index contributed by atoms with van der Waals surface area (Å²) in [7, 11) is 0. The van der Waals surface area contributed by atoms with Crippen LogP contribution in [0.2, 0.25) is 26.2 Å². The van der Waals surface area contributed by atoms with Crippen molar-refractivity contribution in [3.63, 3.8) is 0 Å². The summed E-state index contributed by atoms with van der Waals surface area (Å²) in [5, 5.41) is 0. The van der Waals surface area contributed by atoms with E-state index in [9.17, 15) is 0 Å². The van der Waals surface area contributed by atoms with Crippen molar-refractivity contribution in [1.82, 2.24) is 0 Å². The summed E-state index contributed by atoms with van der Waals surface area (Å²) < 4.78 is 0. The minimum absolute atomic E-state index is 0. The van der Waals surface area contributed by atoms with E-state index in [4.69, 9.17) is 0 Å². The summed E-state index contributed by atoms with van der Waals surface area (Å²) in [5.41, 5.74) is 17.8. The third kappa shape index (κ3) is 19.2. The minimum atomic E-state index is 0. The van der Waals surface area contributed by atoms with Crippen LogP contribution in [0.25, 0.3) is 22.3 Å². The Hall–Kier alpha value is -1.38. The van der Waals surface area contributed by atoms with E-state index in [0.717, 1.165) is 25.7 Å². The van der Waals surface area contributed by atoms with E-state index in [1.54, 1.807) is 46.7 Å². The number of hydrogen-bond donors (Lipinski definition) is 0. The first-order valence-electron chi connectivity index (χ1n) is 21.6. The largest absolute Gasteiger partial charge is 1.00 e. The molecule has 0 fully saturated rings. The maximum atomic E-state index is 3.67. The number of benzene rings is 4. The molecule has 0 unspecified atom stereocenters. The van der Waals surface area contributed by atoms with E-state index in [-0.39, 0.29) is 57.3 Å². The topological polar surface area (TPSA) is 0 Å². The maximum absolute atomic E-state index is 3.67. The number of hydrogen-bond acceptors (Lipinski definition) is 0. The molecular weight excluding hydrogens is 982 g/mol.